The van der Waals surface area contributed by atoms with Crippen LogP contribution >= 0.6 is 0 Å². The number of carbonyl (C=O) groups is 6. The molecule has 0 saturated heterocycles. The standard InChI is InChI=1S/C36H46N14O6/c1-47-17-21(11-25(47)33(53)41-9-7-29(37)38)45-35(55)27-13-19(15-49(27)3)43-31(51)23-5-6-24(23)32(52)44-20-14-28(50(4)16-20)36(56)46-22-12-26(48(2)18-22)34(54)42-10-8-30(39)40/h11-18,23-24H,5-10H2,1-4H3,(H3,37,38)(H3,39,40)(H,41,53)(H,42,54)(H,43,51)(H,44,52)(H,45,55)(H,46,56)/t23-,24-/m0/s1. The van der Waals surface area contributed by atoms with Gasteiger partial charge in [0.15, 0.2) is 0 Å². The minimum Gasteiger partial charge on any atom is -0.388 e. The van der Waals surface area contributed by atoms with Crippen molar-refractivity contribution >= 4 is 69.9 Å². The Morgan fingerprint density at radius 2 is 0.821 bits per heavy atom. The zero-order valence-electron chi connectivity index (χ0n) is 31.4. The first kappa shape index (κ1) is 40.1. The van der Waals surface area contributed by atoms with E-state index in [1.54, 1.807) is 71.2 Å². The molecular formula is C36H46N14O6. The molecule has 0 unspecified atom stereocenters. The molecule has 1 aliphatic rings. The second kappa shape index (κ2) is 16.9. The van der Waals surface area contributed by atoms with Crippen LogP contribution < -0.4 is 43.4 Å². The third kappa shape index (κ3) is 9.51. The predicted octanol–water partition coefficient (Wildman–Crippen LogP) is 1.26. The van der Waals surface area contributed by atoms with Crippen molar-refractivity contribution in [1.82, 2.24) is 28.9 Å². The fourth-order valence-electron chi connectivity index (χ4n) is 6.22. The summed E-state index contributed by atoms with van der Waals surface area (Å²) in [4.78, 5) is 77.8. The average Bonchev–Trinajstić information content (AvgIpc) is 3.84. The molecule has 0 aromatic carbocycles. The van der Waals surface area contributed by atoms with Crippen LogP contribution in [0.5, 0.6) is 0 Å². The minimum atomic E-state index is -0.616. The molecule has 0 radical (unpaired) electrons. The molecule has 4 aromatic heterocycles. The number of nitrogens with two attached hydrogens (primary N) is 2. The number of hydrogen-bond donors (Lipinski definition) is 10. The molecule has 4 aromatic rings. The van der Waals surface area contributed by atoms with Gasteiger partial charge in [0.25, 0.3) is 23.6 Å². The Hall–Kier alpha value is -7.12. The van der Waals surface area contributed by atoms with Gasteiger partial charge in [0.05, 0.1) is 34.4 Å². The highest BCUT2D eigenvalue weighted by Gasteiger charge is 2.41. The summed E-state index contributed by atoms with van der Waals surface area (Å²) in [5.41, 5.74) is 13.2. The van der Waals surface area contributed by atoms with Crippen molar-refractivity contribution in [3.8, 4) is 0 Å². The van der Waals surface area contributed by atoms with Crippen LogP contribution in [0.2, 0.25) is 0 Å². The van der Waals surface area contributed by atoms with E-state index < -0.39 is 23.7 Å². The molecule has 0 bridgehead atoms. The van der Waals surface area contributed by atoms with Crippen LogP contribution in [0.1, 0.15) is 67.6 Å². The van der Waals surface area contributed by atoms with E-state index in [1.165, 1.54) is 24.3 Å². The van der Waals surface area contributed by atoms with E-state index in [1.807, 2.05) is 0 Å². The van der Waals surface area contributed by atoms with Gasteiger partial charge in [-0.15, -0.1) is 0 Å². The first-order valence-electron chi connectivity index (χ1n) is 17.6. The summed E-state index contributed by atoms with van der Waals surface area (Å²) >= 11 is 0. The van der Waals surface area contributed by atoms with Crippen molar-refractivity contribution in [3.63, 3.8) is 0 Å². The number of amides is 6. The monoisotopic (exact) mass is 770 g/mol. The van der Waals surface area contributed by atoms with Gasteiger partial charge in [-0.2, -0.15) is 0 Å². The lowest BCUT2D eigenvalue weighted by molar-refractivity contribution is -0.134. The second-order valence-electron chi connectivity index (χ2n) is 13.6. The fourth-order valence-corrected chi connectivity index (χ4v) is 6.22. The van der Waals surface area contributed by atoms with Gasteiger partial charge in [-0.05, 0) is 37.1 Å². The zero-order chi connectivity index (χ0) is 40.8. The summed E-state index contributed by atoms with van der Waals surface area (Å²) in [7, 11) is 6.61. The quantitative estimate of drug-likeness (QED) is 0.0583. The molecule has 1 saturated carbocycles. The molecule has 296 valence electrons. The SMILES string of the molecule is Cn1cc(NC(=O)c2cc(NC(=O)[C@H]3CC[C@@H]3C(=O)Nc3cc(C(=O)Nc4cc(C(=O)NCCC(=N)N)n(C)c4)n(C)c3)cn2C)cc1C(=O)NCCC(=N)N. The number of nitrogens with zero attached hydrogens (tertiary/aromatic N) is 4. The molecule has 20 nitrogen and oxygen atoms in total. The second-order valence-corrected chi connectivity index (χ2v) is 13.6. The van der Waals surface area contributed by atoms with Crippen LogP contribution in [0.4, 0.5) is 22.7 Å². The van der Waals surface area contributed by atoms with Gasteiger partial charge in [-0.25, -0.2) is 0 Å². The van der Waals surface area contributed by atoms with Gasteiger partial charge in [-0.3, -0.25) is 39.6 Å². The van der Waals surface area contributed by atoms with Crippen LogP contribution in [0.15, 0.2) is 49.1 Å². The maximum Gasteiger partial charge on any atom is 0.272 e. The highest BCUT2D eigenvalue weighted by Crippen LogP contribution is 2.36. The van der Waals surface area contributed by atoms with Crippen molar-refractivity contribution in [3.05, 3.63) is 71.8 Å². The lowest BCUT2D eigenvalue weighted by Crippen LogP contribution is -2.43. The van der Waals surface area contributed by atoms with Crippen molar-refractivity contribution < 1.29 is 28.8 Å². The number of anilines is 4. The third-order valence-electron chi connectivity index (χ3n) is 9.31. The highest BCUT2D eigenvalue weighted by molar-refractivity contribution is 6.07. The predicted molar refractivity (Wildman–Crippen MR) is 209 cm³/mol. The molecule has 2 atom stereocenters. The number of amidine groups is 2. The van der Waals surface area contributed by atoms with Gasteiger partial charge in [-0.1, -0.05) is 0 Å². The van der Waals surface area contributed by atoms with E-state index >= 15 is 0 Å². The molecule has 1 fully saturated rings. The Labute approximate surface area is 321 Å². The van der Waals surface area contributed by atoms with E-state index in [4.69, 9.17) is 22.3 Å². The minimum absolute atomic E-state index is 0.0432. The van der Waals surface area contributed by atoms with Gasteiger partial charge in [0.1, 0.15) is 22.8 Å². The Morgan fingerprint density at radius 3 is 1.11 bits per heavy atom. The van der Waals surface area contributed by atoms with E-state index in [0.717, 1.165) is 0 Å². The van der Waals surface area contributed by atoms with E-state index in [2.05, 4.69) is 31.9 Å². The molecule has 12 N–H and O–H groups in total. The number of aryl methyl sites for hydroxylation is 4. The number of carbonyl (C=O) groups excluding carboxylic acids is 6. The van der Waals surface area contributed by atoms with Crippen molar-refractivity contribution in [1.29, 1.82) is 10.8 Å². The molecule has 1 aliphatic carbocycles. The fraction of sp³-hybridized carbons (Fsp3) is 0.333. The highest BCUT2D eigenvalue weighted by atomic mass is 16.2. The summed E-state index contributed by atoms with van der Waals surface area (Å²) < 4.78 is 6.20. The summed E-state index contributed by atoms with van der Waals surface area (Å²) in [5.74, 6) is -3.79. The maximum absolute atomic E-state index is 13.3. The lowest BCUT2D eigenvalue weighted by Gasteiger charge is -2.33. The van der Waals surface area contributed by atoms with Crippen LogP contribution in [-0.4, -0.2) is 78.5 Å². The Kier molecular flexibility index (Phi) is 12.1. The number of nitrogens with one attached hydrogen (secondary N) is 8. The van der Waals surface area contributed by atoms with E-state index in [9.17, 15) is 28.8 Å². The molecule has 5 rings (SSSR count). The number of rotatable bonds is 16. The Bertz CT molecular complexity index is 2070. The molecular weight excluding hydrogens is 724 g/mol. The Morgan fingerprint density at radius 1 is 0.536 bits per heavy atom. The molecule has 0 aliphatic heterocycles. The van der Waals surface area contributed by atoms with Crippen molar-refractivity contribution in [2.75, 3.05) is 34.4 Å². The number of hydrogen-bond acceptors (Lipinski definition) is 8. The average molecular weight is 771 g/mol. The van der Waals surface area contributed by atoms with Crippen molar-refractivity contribution in [2.24, 2.45) is 51.5 Å². The maximum atomic E-state index is 13.3. The first-order chi connectivity index (χ1) is 26.5. The largest absolute Gasteiger partial charge is 0.388 e. The van der Waals surface area contributed by atoms with Gasteiger partial charge >= 0.3 is 0 Å². The topological polar surface area (TPSA) is 294 Å². The molecule has 56 heavy (non-hydrogen) atoms. The molecule has 4 heterocycles. The van der Waals surface area contributed by atoms with Gasteiger partial charge in [0, 0.05) is 90.7 Å². The lowest BCUT2D eigenvalue weighted by atomic mass is 9.72. The summed E-state index contributed by atoms with van der Waals surface area (Å²) in [6.07, 6.45) is 7.73. The first-order valence-corrected chi connectivity index (χ1v) is 17.6. The van der Waals surface area contributed by atoms with Crippen LogP contribution in [0.25, 0.3) is 0 Å². The van der Waals surface area contributed by atoms with Gasteiger partial charge in [0.2, 0.25) is 11.8 Å². The molecule has 20 heteroatoms. The van der Waals surface area contributed by atoms with Crippen LogP contribution in [-0.2, 0) is 37.8 Å². The summed E-state index contributed by atoms with van der Waals surface area (Å²) in [5, 5.41) is 31.0. The Balaban J connectivity index is 1.13. The van der Waals surface area contributed by atoms with E-state index in [0.29, 0.717) is 47.0 Å². The molecule has 6 amide bonds. The zero-order valence-corrected chi connectivity index (χ0v) is 31.4. The number of aromatic nitrogens is 4. The summed E-state index contributed by atoms with van der Waals surface area (Å²) in [6.45, 7) is 0.404. The van der Waals surface area contributed by atoms with Crippen LogP contribution in [0.3, 0.4) is 0 Å². The molecule has 0 spiro atoms. The van der Waals surface area contributed by atoms with Crippen molar-refractivity contribution in [2.45, 2.75) is 25.7 Å². The summed E-state index contributed by atoms with van der Waals surface area (Å²) in [6, 6.07) is 6.06. The third-order valence-corrected chi connectivity index (χ3v) is 9.31. The van der Waals surface area contributed by atoms with Crippen LogP contribution in [0, 0.1) is 22.7 Å². The normalized spacial score (nSPS) is 14.6. The van der Waals surface area contributed by atoms with E-state index in [-0.39, 0.29) is 72.6 Å². The van der Waals surface area contributed by atoms with Gasteiger partial charge < -0.3 is 61.6 Å². The smallest absolute Gasteiger partial charge is 0.272 e.